The minimum Gasteiger partial charge on any atom is -0.508 e. The summed E-state index contributed by atoms with van der Waals surface area (Å²) in [6, 6.07) is 2.97. The van der Waals surface area contributed by atoms with Gasteiger partial charge in [0.25, 0.3) is 0 Å². The fourth-order valence-corrected chi connectivity index (χ4v) is 1.03. The lowest BCUT2D eigenvalue weighted by atomic mass is 10.2. The number of carboxylic acid groups (broad SMARTS) is 1. The van der Waals surface area contributed by atoms with E-state index in [0.717, 1.165) is 24.3 Å². The number of rotatable bonds is 3. The van der Waals surface area contributed by atoms with Crippen molar-refractivity contribution in [3.8, 4) is 11.5 Å². The number of alkyl halides is 3. The first-order valence-corrected chi connectivity index (χ1v) is 4.28. The molecule has 0 bridgehead atoms. The average Bonchev–Trinajstić information content (AvgIpc) is 2.13. The molecule has 17 heavy (non-hydrogen) atoms. The highest BCUT2D eigenvalue weighted by Crippen LogP contribution is 2.30. The Morgan fingerprint density at radius 1 is 1.35 bits per heavy atom. The molecule has 0 spiro atoms. The standard InChI is InChI=1S/C10H7F3O4/c11-10(12,13)17-8-5-7(14)3-1-6(8)2-4-9(15)16/h1-5,14H,(H,15,16)/b4-2+. The predicted octanol–water partition coefficient (Wildman–Crippen LogP) is 2.39. The molecule has 7 heteroatoms. The largest absolute Gasteiger partial charge is 0.573 e. The van der Waals surface area contributed by atoms with Crippen LogP contribution >= 0.6 is 0 Å². The smallest absolute Gasteiger partial charge is 0.508 e. The van der Waals surface area contributed by atoms with Crippen molar-refractivity contribution >= 4 is 12.0 Å². The first-order chi connectivity index (χ1) is 7.78. The van der Waals surface area contributed by atoms with Gasteiger partial charge in [-0.15, -0.1) is 13.2 Å². The lowest BCUT2D eigenvalue weighted by Crippen LogP contribution is -2.17. The Bertz CT molecular complexity index is 451. The van der Waals surface area contributed by atoms with E-state index in [1.807, 2.05) is 0 Å². The van der Waals surface area contributed by atoms with Gasteiger partial charge >= 0.3 is 12.3 Å². The van der Waals surface area contributed by atoms with E-state index >= 15 is 0 Å². The highest BCUT2D eigenvalue weighted by Gasteiger charge is 2.32. The molecular formula is C10H7F3O4. The van der Waals surface area contributed by atoms with Crippen molar-refractivity contribution in [2.24, 2.45) is 0 Å². The molecule has 0 aromatic heterocycles. The maximum atomic E-state index is 12.0. The van der Waals surface area contributed by atoms with Crippen LogP contribution in [0.1, 0.15) is 5.56 Å². The summed E-state index contributed by atoms with van der Waals surface area (Å²) in [5.41, 5.74) is -0.109. The minimum absolute atomic E-state index is 0.109. The number of phenols is 1. The lowest BCUT2D eigenvalue weighted by molar-refractivity contribution is -0.274. The molecule has 0 unspecified atom stereocenters. The van der Waals surface area contributed by atoms with Crippen molar-refractivity contribution in [2.45, 2.75) is 6.36 Å². The van der Waals surface area contributed by atoms with Crippen molar-refractivity contribution in [1.82, 2.24) is 0 Å². The van der Waals surface area contributed by atoms with Gasteiger partial charge in [-0.3, -0.25) is 0 Å². The topological polar surface area (TPSA) is 66.8 Å². The number of carbonyl (C=O) groups is 1. The van der Waals surface area contributed by atoms with Gasteiger partial charge in [0.1, 0.15) is 11.5 Å². The second-order valence-electron chi connectivity index (χ2n) is 2.94. The van der Waals surface area contributed by atoms with E-state index in [2.05, 4.69) is 4.74 Å². The summed E-state index contributed by atoms with van der Waals surface area (Å²) < 4.78 is 39.7. The summed E-state index contributed by atoms with van der Waals surface area (Å²) in [7, 11) is 0. The molecular weight excluding hydrogens is 241 g/mol. The van der Waals surface area contributed by atoms with Crippen LogP contribution in [0.3, 0.4) is 0 Å². The van der Waals surface area contributed by atoms with Crippen LogP contribution in [-0.4, -0.2) is 22.5 Å². The second kappa shape index (κ2) is 4.77. The van der Waals surface area contributed by atoms with Crippen molar-refractivity contribution < 1.29 is 32.9 Å². The Hall–Kier alpha value is -2.18. The van der Waals surface area contributed by atoms with Gasteiger partial charge < -0.3 is 14.9 Å². The molecule has 0 aliphatic carbocycles. The van der Waals surface area contributed by atoms with Gasteiger partial charge in [-0.05, 0) is 18.2 Å². The Morgan fingerprint density at radius 2 is 2.00 bits per heavy atom. The van der Waals surface area contributed by atoms with E-state index in [9.17, 15) is 18.0 Å². The van der Waals surface area contributed by atoms with Gasteiger partial charge in [0.2, 0.25) is 0 Å². The molecule has 0 radical (unpaired) electrons. The third-order valence-electron chi connectivity index (χ3n) is 1.63. The van der Waals surface area contributed by atoms with E-state index in [4.69, 9.17) is 10.2 Å². The fourth-order valence-electron chi connectivity index (χ4n) is 1.03. The zero-order valence-electron chi connectivity index (χ0n) is 8.23. The van der Waals surface area contributed by atoms with Gasteiger partial charge in [0.05, 0.1) is 0 Å². The van der Waals surface area contributed by atoms with Gasteiger partial charge in [-0.2, -0.15) is 0 Å². The first kappa shape index (κ1) is 12.9. The number of ether oxygens (including phenoxy) is 1. The van der Waals surface area contributed by atoms with Gasteiger partial charge in [-0.25, -0.2) is 4.79 Å². The maximum absolute atomic E-state index is 12.0. The highest BCUT2D eigenvalue weighted by atomic mass is 19.4. The zero-order valence-corrected chi connectivity index (χ0v) is 8.23. The number of halogens is 3. The van der Waals surface area contributed by atoms with E-state index in [1.165, 1.54) is 0 Å². The Kier molecular flexibility index (Phi) is 3.62. The Balaban J connectivity index is 3.08. The fraction of sp³-hybridized carbons (Fsp3) is 0.100. The molecule has 0 atom stereocenters. The van der Waals surface area contributed by atoms with Crippen LogP contribution in [0.4, 0.5) is 13.2 Å². The molecule has 1 aromatic carbocycles. The van der Waals surface area contributed by atoms with Crippen LogP contribution in [0.5, 0.6) is 11.5 Å². The predicted molar refractivity (Wildman–Crippen MR) is 51.5 cm³/mol. The zero-order chi connectivity index (χ0) is 13.1. The molecule has 0 saturated heterocycles. The van der Waals surface area contributed by atoms with Crippen molar-refractivity contribution in [3.63, 3.8) is 0 Å². The lowest BCUT2D eigenvalue weighted by Gasteiger charge is -2.11. The van der Waals surface area contributed by atoms with E-state index in [0.29, 0.717) is 6.08 Å². The van der Waals surface area contributed by atoms with E-state index in [1.54, 1.807) is 0 Å². The van der Waals surface area contributed by atoms with Crippen molar-refractivity contribution in [2.75, 3.05) is 0 Å². The SMILES string of the molecule is O=C(O)/C=C/c1ccc(O)cc1OC(F)(F)F. The number of aliphatic carboxylic acids is 1. The Labute approximate surface area is 93.6 Å². The molecule has 0 fully saturated rings. The molecule has 4 nitrogen and oxygen atoms in total. The number of hydrogen-bond donors (Lipinski definition) is 2. The Morgan fingerprint density at radius 3 is 2.53 bits per heavy atom. The van der Waals surface area contributed by atoms with Crippen LogP contribution in [0.25, 0.3) is 6.08 Å². The van der Waals surface area contributed by atoms with Crippen molar-refractivity contribution in [3.05, 3.63) is 29.8 Å². The quantitative estimate of drug-likeness (QED) is 0.806. The third-order valence-corrected chi connectivity index (χ3v) is 1.63. The van der Waals surface area contributed by atoms with Crippen LogP contribution < -0.4 is 4.74 Å². The molecule has 0 aliphatic rings. The monoisotopic (exact) mass is 248 g/mol. The molecule has 1 rings (SSSR count). The van der Waals surface area contributed by atoms with Crippen molar-refractivity contribution in [1.29, 1.82) is 0 Å². The summed E-state index contributed by atoms with van der Waals surface area (Å²) in [4.78, 5) is 10.2. The molecule has 0 heterocycles. The summed E-state index contributed by atoms with van der Waals surface area (Å²) in [5.74, 6) is -2.40. The average molecular weight is 248 g/mol. The molecule has 92 valence electrons. The van der Waals surface area contributed by atoms with Gasteiger partial charge in [0, 0.05) is 17.7 Å². The van der Waals surface area contributed by atoms with Gasteiger partial charge in [-0.1, -0.05) is 0 Å². The highest BCUT2D eigenvalue weighted by molar-refractivity contribution is 5.86. The number of benzene rings is 1. The first-order valence-electron chi connectivity index (χ1n) is 4.28. The molecule has 0 saturated carbocycles. The third kappa shape index (κ3) is 4.45. The summed E-state index contributed by atoms with van der Waals surface area (Å²) in [6.07, 6.45) is -3.32. The number of aromatic hydroxyl groups is 1. The number of phenolic OH excluding ortho intramolecular Hbond substituents is 1. The van der Waals surface area contributed by atoms with Gasteiger partial charge in [0.15, 0.2) is 0 Å². The maximum Gasteiger partial charge on any atom is 0.573 e. The van der Waals surface area contributed by atoms with Crippen LogP contribution in [-0.2, 0) is 4.79 Å². The summed E-state index contributed by atoms with van der Waals surface area (Å²) in [5, 5.41) is 17.4. The van der Waals surface area contributed by atoms with Crippen LogP contribution in [0.15, 0.2) is 24.3 Å². The molecule has 0 amide bonds. The van der Waals surface area contributed by atoms with Crippen LogP contribution in [0.2, 0.25) is 0 Å². The molecule has 1 aromatic rings. The van der Waals surface area contributed by atoms with E-state index < -0.39 is 23.8 Å². The normalized spacial score (nSPS) is 11.7. The van der Waals surface area contributed by atoms with E-state index in [-0.39, 0.29) is 5.56 Å². The summed E-state index contributed by atoms with van der Waals surface area (Å²) >= 11 is 0. The van der Waals surface area contributed by atoms with Crippen LogP contribution in [0, 0.1) is 0 Å². The number of hydrogen-bond acceptors (Lipinski definition) is 3. The molecule has 2 N–H and O–H groups in total. The second-order valence-corrected chi connectivity index (χ2v) is 2.94. The number of carboxylic acids is 1. The summed E-state index contributed by atoms with van der Waals surface area (Å²) in [6.45, 7) is 0. The molecule has 0 aliphatic heterocycles. The minimum atomic E-state index is -4.92.